The fourth-order valence-corrected chi connectivity index (χ4v) is 1.53. The molecule has 0 fully saturated rings. The van der Waals surface area contributed by atoms with Gasteiger partial charge in [0.25, 0.3) is 0 Å². The van der Waals surface area contributed by atoms with Gasteiger partial charge in [0.1, 0.15) is 0 Å². The predicted molar refractivity (Wildman–Crippen MR) is 52.0 cm³/mol. The van der Waals surface area contributed by atoms with Crippen LogP contribution in [0.4, 0.5) is 9.80 Å². The Morgan fingerprint density at radius 3 is 2.67 bits per heavy atom. The lowest BCUT2D eigenvalue weighted by atomic mass is 10.6. The van der Waals surface area contributed by atoms with Crippen LogP contribution in [0.3, 0.4) is 0 Å². The van der Waals surface area contributed by atoms with Crippen LogP contribution in [-0.2, 0) is 0 Å². The molecule has 1 heterocycles. The zero-order valence-corrected chi connectivity index (χ0v) is 8.37. The number of nitrogens with zero attached hydrogens (tertiary/aromatic N) is 1. The summed E-state index contributed by atoms with van der Waals surface area (Å²) in [6, 6.07) is 3.37. The van der Waals surface area contributed by atoms with Crippen LogP contribution in [0.15, 0.2) is 12.1 Å². The molecule has 66 valence electrons. The monoisotopic (exact) mass is 204 g/mol. The Bertz CT molecular complexity index is 285. The molecule has 0 radical (unpaired) electrons. The number of halogens is 1. The highest BCUT2D eigenvalue weighted by Gasteiger charge is 2.04. The molecule has 0 aliphatic heterocycles. The van der Waals surface area contributed by atoms with Gasteiger partial charge in [-0.3, -0.25) is 5.32 Å². The van der Waals surface area contributed by atoms with E-state index in [4.69, 9.17) is 11.6 Å². The van der Waals surface area contributed by atoms with E-state index in [2.05, 4.69) is 5.32 Å². The van der Waals surface area contributed by atoms with Crippen LogP contribution in [-0.4, -0.2) is 25.0 Å². The Morgan fingerprint density at radius 1 is 1.58 bits per heavy atom. The summed E-state index contributed by atoms with van der Waals surface area (Å²) in [5, 5.41) is 3.45. The van der Waals surface area contributed by atoms with Crippen molar-refractivity contribution >= 4 is 34.0 Å². The largest absolute Gasteiger partial charge is 0.331 e. The number of hydrogen-bond acceptors (Lipinski definition) is 2. The van der Waals surface area contributed by atoms with Crippen LogP contribution in [0.25, 0.3) is 0 Å². The van der Waals surface area contributed by atoms with Crippen molar-refractivity contribution in [1.29, 1.82) is 0 Å². The van der Waals surface area contributed by atoms with Crippen LogP contribution >= 0.6 is 22.9 Å². The van der Waals surface area contributed by atoms with Crippen molar-refractivity contribution in [3.8, 4) is 0 Å². The number of anilines is 1. The van der Waals surface area contributed by atoms with Crippen LogP contribution < -0.4 is 5.32 Å². The van der Waals surface area contributed by atoms with Gasteiger partial charge < -0.3 is 4.90 Å². The average Bonchev–Trinajstić information content (AvgIpc) is 2.35. The van der Waals surface area contributed by atoms with Crippen LogP contribution in [0.2, 0.25) is 4.34 Å². The first-order valence-corrected chi connectivity index (χ1v) is 4.52. The maximum absolute atomic E-state index is 11.1. The quantitative estimate of drug-likeness (QED) is 0.749. The van der Waals surface area contributed by atoms with E-state index in [0.29, 0.717) is 4.34 Å². The minimum Gasteiger partial charge on any atom is -0.331 e. The van der Waals surface area contributed by atoms with Gasteiger partial charge >= 0.3 is 6.03 Å². The Labute approximate surface area is 79.9 Å². The Balaban J connectivity index is 2.58. The van der Waals surface area contributed by atoms with E-state index in [1.165, 1.54) is 16.2 Å². The minimum absolute atomic E-state index is 0.145. The number of hydrogen-bond donors (Lipinski definition) is 1. The molecule has 0 bridgehead atoms. The summed E-state index contributed by atoms with van der Waals surface area (Å²) in [4.78, 5) is 12.6. The number of carbonyl (C=O) groups excluding carboxylic acids is 1. The lowest BCUT2D eigenvalue weighted by Crippen LogP contribution is -2.26. The van der Waals surface area contributed by atoms with Crippen molar-refractivity contribution in [3.05, 3.63) is 16.5 Å². The van der Waals surface area contributed by atoms with Gasteiger partial charge in [-0.2, -0.15) is 0 Å². The smallest absolute Gasteiger partial charge is 0.321 e. The maximum Gasteiger partial charge on any atom is 0.321 e. The molecule has 1 aromatic rings. The Hall–Kier alpha value is -0.740. The summed E-state index contributed by atoms with van der Waals surface area (Å²) in [5.74, 6) is 0. The van der Waals surface area contributed by atoms with E-state index in [1.54, 1.807) is 26.2 Å². The van der Waals surface area contributed by atoms with E-state index in [-0.39, 0.29) is 6.03 Å². The molecule has 0 aliphatic carbocycles. The molecule has 1 N–H and O–H groups in total. The topological polar surface area (TPSA) is 32.3 Å². The lowest BCUT2D eigenvalue weighted by molar-refractivity contribution is 0.231. The van der Waals surface area contributed by atoms with Crippen LogP contribution in [0.1, 0.15) is 0 Å². The van der Waals surface area contributed by atoms with Crippen LogP contribution in [0.5, 0.6) is 0 Å². The van der Waals surface area contributed by atoms with Gasteiger partial charge in [0.05, 0.1) is 9.34 Å². The summed E-state index contributed by atoms with van der Waals surface area (Å²) in [7, 11) is 3.37. The number of amides is 2. The summed E-state index contributed by atoms with van der Waals surface area (Å²) in [6.07, 6.45) is 0. The second-order valence-corrected chi connectivity index (χ2v) is 4.14. The van der Waals surface area contributed by atoms with Crippen molar-refractivity contribution in [2.24, 2.45) is 0 Å². The second-order valence-electron chi connectivity index (χ2n) is 2.43. The van der Waals surface area contributed by atoms with Crippen molar-refractivity contribution < 1.29 is 4.79 Å². The molecule has 5 heteroatoms. The zero-order valence-electron chi connectivity index (χ0n) is 6.80. The van der Waals surface area contributed by atoms with Gasteiger partial charge in [-0.15, -0.1) is 11.3 Å². The number of carbonyl (C=O) groups is 1. The maximum atomic E-state index is 11.1. The van der Waals surface area contributed by atoms with Gasteiger partial charge in [0, 0.05) is 14.1 Å². The molecule has 12 heavy (non-hydrogen) atoms. The van der Waals surface area contributed by atoms with E-state index < -0.39 is 0 Å². The molecule has 2 amide bonds. The molecule has 0 atom stereocenters. The predicted octanol–water partition coefficient (Wildman–Crippen LogP) is 2.50. The van der Waals surface area contributed by atoms with Gasteiger partial charge in [0.15, 0.2) is 0 Å². The molecule has 0 saturated carbocycles. The molecule has 3 nitrogen and oxygen atoms in total. The molecule has 0 aromatic carbocycles. The Morgan fingerprint density at radius 2 is 2.25 bits per heavy atom. The number of nitrogens with one attached hydrogen (secondary N) is 1. The van der Waals surface area contributed by atoms with Gasteiger partial charge in [-0.1, -0.05) is 11.6 Å². The molecule has 1 aromatic heterocycles. The van der Waals surface area contributed by atoms with Gasteiger partial charge in [0.2, 0.25) is 0 Å². The number of rotatable bonds is 1. The van der Waals surface area contributed by atoms with Crippen LogP contribution in [0, 0.1) is 0 Å². The van der Waals surface area contributed by atoms with Gasteiger partial charge in [-0.05, 0) is 12.1 Å². The highest BCUT2D eigenvalue weighted by molar-refractivity contribution is 7.20. The molecular formula is C7H9ClN2OS. The van der Waals surface area contributed by atoms with Crippen molar-refractivity contribution in [3.63, 3.8) is 0 Å². The SMILES string of the molecule is CN(C)C(=O)Nc1ccc(Cl)s1. The fourth-order valence-electron chi connectivity index (χ4n) is 0.599. The third-order valence-electron chi connectivity index (χ3n) is 1.21. The van der Waals surface area contributed by atoms with Crippen molar-refractivity contribution in [1.82, 2.24) is 4.90 Å². The van der Waals surface area contributed by atoms with Gasteiger partial charge in [-0.25, -0.2) is 4.79 Å². The third-order valence-corrected chi connectivity index (χ3v) is 2.36. The van der Waals surface area contributed by atoms with Crippen molar-refractivity contribution in [2.45, 2.75) is 0 Å². The number of urea groups is 1. The fraction of sp³-hybridized carbons (Fsp3) is 0.286. The molecule has 0 saturated heterocycles. The third kappa shape index (κ3) is 2.39. The summed E-state index contributed by atoms with van der Waals surface area (Å²) in [5.41, 5.74) is 0. The summed E-state index contributed by atoms with van der Waals surface area (Å²) >= 11 is 7.02. The number of thiophene rings is 1. The first-order valence-electron chi connectivity index (χ1n) is 3.33. The molecular weight excluding hydrogens is 196 g/mol. The van der Waals surface area contributed by atoms with E-state index in [0.717, 1.165) is 5.00 Å². The first-order chi connectivity index (χ1) is 5.59. The highest BCUT2D eigenvalue weighted by Crippen LogP contribution is 2.25. The van der Waals surface area contributed by atoms with E-state index in [9.17, 15) is 4.79 Å². The molecule has 0 spiro atoms. The minimum atomic E-state index is -0.145. The van der Waals surface area contributed by atoms with E-state index >= 15 is 0 Å². The van der Waals surface area contributed by atoms with Crippen molar-refractivity contribution in [2.75, 3.05) is 19.4 Å². The summed E-state index contributed by atoms with van der Waals surface area (Å²) in [6.45, 7) is 0. The summed E-state index contributed by atoms with van der Waals surface area (Å²) < 4.78 is 0.670. The lowest BCUT2D eigenvalue weighted by Gasteiger charge is -2.09. The standard InChI is InChI=1S/C7H9ClN2OS/c1-10(2)7(11)9-6-4-3-5(8)12-6/h3-4H,1-2H3,(H,9,11). The van der Waals surface area contributed by atoms with E-state index in [1.807, 2.05) is 0 Å². The normalized spacial score (nSPS) is 9.58. The molecule has 0 unspecified atom stereocenters. The molecule has 1 rings (SSSR count). The zero-order chi connectivity index (χ0) is 9.14. The highest BCUT2D eigenvalue weighted by atomic mass is 35.5. The average molecular weight is 205 g/mol. The molecule has 0 aliphatic rings. The Kier molecular flexibility index (Phi) is 2.94. The second kappa shape index (κ2) is 3.78. The first kappa shape index (κ1) is 9.35.